The van der Waals surface area contributed by atoms with E-state index < -0.39 is 0 Å². The number of carbonyl (C=O) groups excluding carboxylic acids is 2. The summed E-state index contributed by atoms with van der Waals surface area (Å²) in [5, 5.41) is 0. The molecule has 0 aliphatic rings. The Labute approximate surface area is 155 Å². The van der Waals surface area contributed by atoms with Crippen LogP contribution in [0.2, 0.25) is 0 Å². The van der Waals surface area contributed by atoms with Crippen LogP contribution >= 0.6 is 11.8 Å². The molecule has 25 heavy (non-hydrogen) atoms. The van der Waals surface area contributed by atoms with Gasteiger partial charge in [-0.05, 0) is 43.0 Å². The third kappa shape index (κ3) is 7.95. The van der Waals surface area contributed by atoms with Crippen LogP contribution in [0.15, 0.2) is 23.1 Å². The van der Waals surface area contributed by atoms with Crippen LogP contribution in [0.5, 0.6) is 0 Å². The zero-order chi connectivity index (χ0) is 18.7. The molecule has 0 aliphatic carbocycles. The number of ether oxygens (including phenoxy) is 2. The fourth-order valence-corrected chi connectivity index (χ4v) is 3.42. The van der Waals surface area contributed by atoms with Crippen LogP contribution in [-0.2, 0) is 14.3 Å². The smallest absolute Gasteiger partial charge is 0.337 e. The molecule has 1 unspecified atom stereocenters. The minimum absolute atomic E-state index is 0.133. The van der Waals surface area contributed by atoms with Gasteiger partial charge in [0.05, 0.1) is 25.7 Å². The topological polar surface area (TPSA) is 52.6 Å². The fraction of sp³-hybridized carbons (Fsp3) is 0.600. The molecule has 1 aromatic carbocycles. The zero-order valence-corrected chi connectivity index (χ0v) is 16.6. The van der Waals surface area contributed by atoms with Gasteiger partial charge in [0, 0.05) is 10.6 Å². The number of unbranched alkanes of at least 4 members (excludes halogenated alkanes) is 1. The van der Waals surface area contributed by atoms with Crippen LogP contribution in [0.3, 0.4) is 0 Å². The summed E-state index contributed by atoms with van der Waals surface area (Å²) in [6, 6.07) is 5.46. The highest BCUT2D eigenvalue weighted by molar-refractivity contribution is 7.99. The number of esters is 2. The van der Waals surface area contributed by atoms with Crippen LogP contribution in [0.25, 0.3) is 0 Å². The first-order valence-corrected chi connectivity index (χ1v) is 9.97. The Morgan fingerprint density at radius 3 is 2.60 bits per heavy atom. The number of rotatable bonds is 11. The Kier molecular flexibility index (Phi) is 10.3. The largest absolute Gasteiger partial charge is 0.465 e. The molecular formula is C20H30O4S. The minimum Gasteiger partial charge on any atom is -0.465 e. The summed E-state index contributed by atoms with van der Waals surface area (Å²) in [4.78, 5) is 24.5. The lowest BCUT2D eigenvalue weighted by Gasteiger charge is -2.14. The van der Waals surface area contributed by atoms with E-state index in [-0.39, 0.29) is 11.9 Å². The lowest BCUT2D eigenvalue weighted by Crippen LogP contribution is -2.14. The molecule has 0 N–H and O–H groups in total. The number of benzene rings is 1. The van der Waals surface area contributed by atoms with Crippen molar-refractivity contribution < 1.29 is 19.1 Å². The van der Waals surface area contributed by atoms with Gasteiger partial charge in [-0.2, -0.15) is 0 Å². The molecule has 4 nitrogen and oxygen atoms in total. The van der Waals surface area contributed by atoms with Crippen molar-refractivity contribution in [2.24, 2.45) is 5.92 Å². The molecule has 0 radical (unpaired) electrons. The van der Waals surface area contributed by atoms with E-state index in [1.165, 1.54) is 20.0 Å². The Balaban J connectivity index is 2.36. The molecule has 140 valence electrons. The summed E-state index contributed by atoms with van der Waals surface area (Å²) < 4.78 is 10.1. The Morgan fingerprint density at radius 2 is 2.00 bits per heavy atom. The molecule has 1 aromatic rings. The first-order valence-electron chi connectivity index (χ1n) is 8.99. The quantitative estimate of drug-likeness (QED) is 0.406. The van der Waals surface area contributed by atoms with Crippen LogP contribution in [0.4, 0.5) is 0 Å². The van der Waals surface area contributed by atoms with E-state index in [9.17, 15) is 9.59 Å². The molecule has 0 heterocycles. The van der Waals surface area contributed by atoms with Gasteiger partial charge in [0.1, 0.15) is 0 Å². The van der Waals surface area contributed by atoms with E-state index in [1.54, 1.807) is 17.8 Å². The summed E-state index contributed by atoms with van der Waals surface area (Å²) in [7, 11) is 1.37. The van der Waals surface area contributed by atoms with E-state index in [2.05, 4.69) is 13.8 Å². The van der Waals surface area contributed by atoms with Gasteiger partial charge in [-0.1, -0.05) is 33.1 Å². The standard InChI is InChI=1S/C20H30O4S/c1-5-7-8-16(6-2)14-24-19(21)11-12-25-18-10-9-17(13-15(18)3)20(22)23-4/h9-10,13,16H,5-8,11-12,14H2,1-4H3. The molecule has 0 bridgehead atoms. The van der Waals surface area contributed by atoms with Gasteiger partial charge in [-0.15, -0.1) is 11.8 Å². The lowest BCUT2D eigenvalue weighted by molar-refractivity contribution is -0.144. The van der Waals surface area contributed by atoms with Crippen molar-refractivity contribution in [3.63, 3.8) is 0 Å². The number of hydrogen-bond donors (Lipinski definition) is 0. The molecule has 0 spiro atoms. The molecule has 0 fully saturated rings. The minimum atomic E-state index is -0.336. The van der Waals surface area contributed by atoms with Crippen molar-refractivity contribution in [3.8, 4) is 0 Å². The average Bonchev–Trinajstić information content (AvgIpc) is 2.62. The van der Waals surface area contributed by atoms with Crippen molar-refractivity contribution in [3.05, 3.63) is 29.3 Å². The number of thioether (sulfide) groups is 1. The van der Waals surface area contributed by atoms with Gasteiger partial charge in [0.2, 0.25) is 0 Å². The van der Waals surface area contributed by atoms with Gasteiger partial charge in [0.25, 0.3) is 0 Å². The van der Waals surface area contributed by atoms with Crippen molar-refractivity contribution in [1.29, 1.82) is 0 Å². The fourth-order valence-electron chi connectivity index (χ4n) is 2.48. The molecule has 5 heteroatoms. The van der Waals surface area contributed by atoms with Gasteiger partial charge in [-0.3, -0.25) is 4.79 Å². The normalized spacial score (nSPS) is 11.8. The Hall–Kier alpha value is -1.49. The number of methoxy groups -OCH3 is 1. The highest BCUT2D eigenvalue weighted by Crippen LogP contribution is 2.24. The van der Waals surface area contributed by atoms with Gasteiger partial charge >= 0.3 is 11.9 Å². The van der Waals surface area contributed by atoms with Crippen molar-refractivity contribution in [2.45, 2.75) is 57.8 Å². The molecule has 0 amide bonds. The van der Waals surface area contributed by atoms with Crippen LogP contribution < -0.4 is 0 Å². The molecule has 0 saturated carbocycles. The predicted molar refractivity (Wildman–Crippen MR) is 102 cm³/mol. The Morgan fingerprint density at radius 1 is 1.24 bits per heavy atom. The zero-order valence-electron chi connectivity index (χ0n) is 15.8. The number of hydrogen-bond acceptors (Lipinski definition) is 5. The Bertz CT molecular complexity index is 557. The SMILES string of the molecule is CCCCC(CC)COC(=O)CCSc1ccc(C(=O)OC)cc1C. The van der Waals surface area contributed by atoms with Crippen LogP contribution in [0.1, 0.15) is 61.9 Å². The average molecular weight is 367 g/mol. The third-order valence-electron chi connectivity index (χ3n) is 4.18. The highest BCUT2D eigenvalue weighted by atomic mass is 32.2. The highest BCUT2D eigenvalue weighted by Gasteiger charge is 2.11. The second kappa shape index (κ2) is 12.0. The van der Waals surface area contributed by atoms with E-state index in [4.69, 9.17) is 9.47 Å². The molecule has 0 aliphatic heterocycles. The third-order valence-corrected chi connectivity index (χ3v) is 5.36. The van der Waals surface area contributed by atoms with Crippen molar-refractivity contribution >= 4 is 23.7 Å². The summed E-state index contributed by atoms with van der Waals surface area (Å²) in [6.45, 7) is 6.81. The van der Waals surface area contributed by atoms with Crippen LogP contribution in [0, 0.1) is 12.8 Å². The van der Waals surface area contributed by atoms with E-state index in [0.717, 1.165) is 23.3 Å². The maximum absolute atomic E-state index is 11.9. The molecule has 1 atom stereocenters. The summed E-state index contributed by atoms with van der Waals surface area (Å²) in [6.07, 6.45) is 4.93. The number of carbonyl (C=O) groups is 2. The second-order valence-electron chi connectivity index (χ2n) is 6.17. The van der Waals surface area contributed by atoms with E-state index in [0.29, 0.717) is 30.3 Å². The van der Waals surface area contributed by atoms with Crippen molar-refractivity contribution in [2.75, 3.05) is 19.5 Å². The van der Waals surface area contributed by atoms with Crippen LogP contribution in [-0.4, -0.2) is 31.4 Å². The summed E-state index contributed by atoms with van der Waals surface area (Å²) in [5.74, 6) is 0.677. The second-order valence-corrected chi connectivity index (χ2v) is 7.31. The first kappa shape index (κ1) is 21.6. The number of aryl methyl sites for hydroxylation is 1. The van der Waals surface area contributed by atoms with E-state index in [1.807, 2.05) is 19.1 Å². The molecule has 0 aromatic heterocycles. The van der Waals surface area contributed by atoms with Crippen molar-refractivity contribution in [1.82, 2.24) is 0 Å². The predicted octanol–water partition coefficient (Wildman–Crippen LogP) is 5.02. The lowest BCUT2D eigenvalue weighted by atomic mass is 10.0. The monoisotopic (exact) mass is 366 g/mol. The summed E-state index contributed by atoms with van der Waals surface area (Å²) >= 11 is 1.60. The maximum Gasteiger partial charge on any atom is 0.337 e. The van der Waals surface area contributed by atoms with E-state index >= 15 is 0 Å². The molecule has 1 rings (SSSR count). The molecular weight excluding hydrogens is 336 g/mol. The van der Waals surface area contributed by atoms with Gasteiger partial charge < -0.3 is 9.47 Å². The summed E-state index contributed by atoms with van der Waals surface area (Å²) in [5.41, 5.74) is 1.55. The first-order chi connectivity index (χ1) is 12.0. The maximum atomic E-state index is 11.9. The molecule has 0 saturated heterocycles. The van der Waals surface area contributed by atoms with Gasteiger partial charge in [0.15, 0.2) is 0 Å². The van der Waals surface area contributed by atoms with Gasteiger partial charge in [-0.25, -0.2) is 4.79 Å².